The number of carbonyl (C=O) groups excluding carboxylic acids is 1. The Kier molecular flexibility index (Phi) is 4.09. The van der Waals surface area contributed by atoms with Gasteiger partial charge in [-0.15, -0.1) is 0 Å². The number of fused-ring (bicyclic) bond motifs is 1. The molecule has 3 aliphatic rings. The van der Waals surface area contributed by atoms with Crippen molar-refractivity contribution in [3.05, 3.63) is 15.5 Å². The third-order valence-electron chi connectivity index (χ3n) is 5.59. The number of likely N-dealkylation sites (tertiary alicyclic amines) is 1. The molecule has 6 heteroatoms. The summed E-state index contributed by atoms with van der Waals surface area (Å²) in [6, 6.07) is 2.85. The molecule has 2 heterocycles. The first kappa shape index (κ1) is 16.7. The van der Waals surface area contributed by atoms with E-state index in [0.29, 0.717) is 23.8 Å². The number of rotatable bonds is 2. The van der Waals surface area contributed by atoms with Crippen LogP contribution in [0.3, 0.4) is 0 Å². The van der Waals surface area contributed by atoms with Gasteiger partial charge in [-0.3, -0.25) is 4.68 Å². The van der Waals surface area contributed by atoms with E-state index in [4.69, 9.17) is 9.84 Å². The number of amides is 1. The quantitative estimate of drug-likeness (QED) is 0.645. The van der Waals surface area contributed by atoms with Crippen molar-refractivity contribution < 1.29 is 9.53 Å². The fourth-order valence-electron chi connectivity index (χ4n) is 4.51. The third-order valence-corrected chi connectivity index (χ3v) is 6.12. The van der Waals surface area contributed by atoms with Crippen LogP contribution < -0.4 is 0 Å². The lowest BCUT2D eigenvalue weighted by atomic mass is 10.1. The summed E-state index contributed by atoms with van der Waals surface area (Å²) >= 11 is 2.33. The van der Waals surface area contributed by atoms with E-state index in [0.717, 1.165) is 16.8 Å². The molecule has 1 saturated heterocycles. The van der Waals surface area contributed by atoms with E-state index in [1.165, 1.54) is 31.4 Å². The van der Waals surface area contributed by atoms with Crippen LogP contribution in [-0.4, -0.2) is 39.5 Å². The highest BCUT2D eigenvalue weighted by molar-refractivity contribution is 14.1. The van der Waals surface area contributed by atoms with Crippen molar-refractivity contribution in [2.75, 3.05) is 13.1 Å². The minimum atomic E-state index is -0.416. The van der Waals surface area contributed by atoms with Crippen LogP contribution in [0.5, 0.6) is 0 Å². The molecule has 1 aromatic rings. The average Bonchev–Trinajstić information content (AvgIpc) is 2.98. The van der Waals surface area contributed by atoms with Gasteiger partial charge in [0.1, 0.15) is 9.30 Å². The van der Waals surface area contributed by atoms with Gasteiger partial charge in [0.05, 0.1) is 6.04 Å². The summed E-state index contributed by atoms with van der Waals surface area (Å²) < 4.78 is 8.92. The molecule has 1 amide bonds. The summed E-state index contributed by atoms with van der Waals surface area (Å²) in [5.74, 6) is 1.76. The molecule has 132 valence electrons. The molecule has 1 aliphatic heterocycles. The summed E-state index contributed by atoms with van der Waals surface area (Å²) in [5.41, 5.74) is 0.991. The van der Waals surface area contributed by atoms with Crippen LogP contribution in [0.2, 0.25) is 0 Å². The van der Waals surface area contributed by atoms with Crippen LogP contribution in [-0.2, 0) is 4.74 Å². The third kappa shape index (κ3) is 3.06. The molecule has 3 atom stereocenters. The molecule has 0 spiro atoms. The topological polar surface area (TPSA) is 47.4 Å². The first-order chi connectivity index (χ1) is 11.3. The smallest absolute Gasteiger partial charge is 0.410 e. The Morgan fingerprint density at radius 2 is 1.88 bits per heavy atom. The summed E-state index contributed by atoms with van der Waals surface area (Å²) in [6.45, 7) is 7.43. The molecule has 2 saturated carbocycles. The second-order valence-electron chi connectivity index (χ2n) is 8.51. The first-order valence-corrected chi connectivity index (χ1v) is 10.1. The van der Waals surface area contributed by atoms with Crippen LogP contribution in [0.25, 0.3) is 0 Å². The van der Waals surface area contributed by atoms with Crippen LogP contribution in [0, 0.1) is 15.5 Å². The Bertz CT molecular complexity index is 633. The van der Waals surface area contributed by atoms with E-state index in [1.807, 2.05) is 25.7 Å². The number of carbonyl (C=O) groups is 1. The van der Waals surface area contributed by atoms with Gasteiger partial charge in [-0.25, -0.2) is 4.79 Å². The lowest BCUT2D eigenvalue weighted by molar-refractivity contribution is 0.0270. The van der Waals surface area contributed by atoms with Gasteiger partial charge in [-0.1, -0.05) is 12.8 Å². The van der Waals surface area contributed by atoms with E-state index < -0.39 is 5.60 Å². The molecule has 0 aromatic carbocycles. The zero-order chi connectivity index (χ0) is 17.1. The van der Waals surface area contributed by atoms with Gasteiger partial charge in [0.2, 0.25) is 0 Å². The summed E-state index contributed by atoms with van der Waals surface area (Å²) in [6.07, 6.45) is 5.01. The van der Waals surface area contributed by atoms with E-state index in [2.05, 4.69) is 33.3 Å². The molecule has 3 fully saturated rings. The lowest BCUT2D eigenvalue weighted by Crippen LogP contribution is -2.37. The minimum Gasteiger partial charge on any atom is -0.444 e. The maximum Gasteiger partial charge on any atom is 0.410 e. The SMILES string of the molecule is CC(C)(C)OC(=O)N1C[C@@H]2[C@H](C1)[C@H]2c1cc(I)nn1C1CCCC1. The first-order valence-electron chi connectivity index (χ1n) is 9.06. The standard InChI is InChI=1S/C18H26IN3O2/c1-18(2,3)24-17(23)21-9-12-13(10-21)16(12)14-8-15(19)20-22(14)11-6-4-5-7-11/h8,11-13,16H,4-7,9-10H2,1-3H3/t12-,13+,16+. The molecule has 24 heavy (non-hydrogen) atoms. The normalized spacial score (nSPS) is 29.8. The van der Waals surface area contributed by atoms with Crippen molar-refractivity contribution >= 4 is 28.7 Å². The molecular formula is C18H26IN3O2. The highest BCUT2D eigenvalue weighted by Crippen LogP contribution is 2.59. The van der Waals surface area contributed by atoms with Crippen molar-refractivity contribution in [2.45, 2.75) is 64.0 Å². The summed E-state index contributed by atoms with van der Waals surface area (Å²) in [4.78, 5) is 14.1. The zero-order valence-corrected chi connectivity index (χ0v) is 16.8. The Hall–Kier alpha value is -0.790. The maximum atomic E-state index is 12.2. The summed E-state index contributed by atoms with van der Waals surface area (Å²) in [7, 11) is 0. The molecule has 0 N–H and O–H groups in total. The maximum absolute atomic E-state index is 12.2. The van der Waals surface area contributed by atoms with Crippen molar-refractivity contribution in [1.82, 2.24) is 14.7 Å². The average molecular weight is 443 g/mol. The number of hydrogen-bond donors (Lipinski definition) is 0. The van der Waals surface area contributed by atoms with E-state index in [-0.39, 0.29) is 6.09 Å². The van der Waals surface area contributed by atoms with Gasteiger partial charge >= 0.3 is 6.09 Å². The Morgan fingerprint density at radius 3 is 2.46 bits per heavy atom. The van der Waals surface area contributed by atoms with Crippen LogP contribution >= 0.6 is 22.6 Å². The number of nitrogens with zero attached hydrogens (tertiary/aromatic N) is 3. The number of aromatic nitrogens is 2. The number of piperidine rings is 1. The Balaban J connectivity index is 1.43. The minimum absolute atomic E-state index is 0.160. The van der Waals surface area contributed by atoms with Gasteiger partial charge in [0, 0.05) is 24.7 Å². The largest absolute Gasteiger partial charge is 0.444 e. The van der Waals surface area contributed by atoms with E-state index in [1.54, 1.807) is 0 Å². The highest BCUT2D eigenvalue weighted by Gasteiger charge is 2.59. The van der Waals surface area contributed by atoms with Crippen molar-refractivity contribution in [2.24, 2.45) is 11.8 Å². The van der Waals surface area contributed by atoms with Gasteiger partial charge in [-0.2, -0.15) is 5.10 Å². The molecule has 0 bridgehead atoms. The molecule has 1 aromatic heterocycles. The van der Waals surface area contributed by atoms with Crippen LogP contribution in [0.4, 0.5) is 4.79 Å². The van der Waals surface area contributed by atoms with Crippen molar-refractivity contribution in [3.63, 3.8) is 0 Å². The zero-order valence-electron chi connectivity index (χ0n) is 14.7. The highest BCUT2D eigenvalue weighted by atomic mass is 127. The fraction of sp³-hybridized carbons (Fsp3) is 0.778. The van der Waals surface area contributed by atoms with Crippen molar-refractivity contribution in [1.29, 1.82) is 0 Å². The number of halogens is 1. The van der Waals surface area contributed by atoms with Gasteiger partial charge in [0.25, 0.3) is 0 Å². The second kappa shape index (κ2) is 5.88. The second-order valence-corrected chi connectivity index (χ2v) is 9.62. The van der Waals surface area contributed by atoms with E-state index in [9.17, 15) is 4.79 Å². The van der Waals surface area contributed by atoms with Crippen LogP contribution in [0.15, 0.2) is 6.07 Å². The number of hydrogen-bond acceptors (Lipinski definition) is 3. The Morgan fingerprint density at radius 1 is 1.25 bits per heavy atom. The lowest BCUT2D eigenvalue weighted by Gasteiger charge is -2.26. The molecule has 2 aliphatic carbocycles. The molecule has 0 radical (unpaired) electrons. The predicted molar refractivity (Wildman–Crippen MR) is 100.0 cm³/mol. The molecule has 0 unspecified atom stereocenters. The number of ether oxygens (including phenoxy) is 1. The van der Waals surface area contributed by atoms with Crippen LogP contribution in [0.1, 0.15) is 64.1 Å². The Labute approximate surface area is 157 Å². The summed E-state index contributed by atoms with van der Waals surface area (Å²) in [5, 5.41) is 4.78. The molecular weight excluding hydrogens is 417 g/mol. The van der Waals surface area contributed by atoms with Crippen molar-refractivity contribution in [3.8, 4) is 0 Å². The molecule has 4 rings (SSSR count). The monoisotopic (exact) mass is 443 g/mol. The molecule has 5 nitrogen and oxygen atoms in total. The fourth-order valence-corrected chi connectivity index (χ4v) is 5.06. The van der Waals surface area contributed by atoms with E-state index >= 15 is 0 Å². The van der Waals surface area contributed by atoms with Gasteiger partial charge in [0.15, 0.2) is 0 Å². The van der Waals surface area contributed by atoms with Gasteiger partial charge < -0.3 is 9.64 Å². The van der Waals surface area contributed by atoms with Gasteiger partial charge in [-0.05, 0) is 74.1 Å². The predicted octanol–water partition coefficient (Wildman–Crippen LogP) is 4.18.